The van der Waals surface area contributed by atoms with Gasteiger partial charge in [0.15, 0.2) is 0 Å². The van der Waals surface area contributed by atoms with E-state index in [-0.39, 0.29) is 17.2 Å². The van der Waals surface area contributed by atoms with Gasteiger partial charge in [0.25, 0.3) is 5.24 Å². The van der Waals surface area contributed by atoms with Crippen molar-refractivity contribution in [2.45, 2.75) is 12.5 Å². The topological polar surface area (TPSA) is 70.2 Å². The smallest absolute Gasteiger partial charge is 0.279 e. The van der Waals surface area contributed by atoms with E-state index in [0.29, 0.717) is 12.3 Å². The molecule has 0 saturated carbocycles. The summed E-state index contributed by atoms with van der Waals surface area (Å²) >= 11 is 1.16. The maximum absolute atomic E-state index is 11.7. The zero-order chi connectivity index (χ0) is 11.4. The van der Waals surface area contributed by atoms with E-state index in [4.69, 9.17) is 0 Å². The normalized spacial score (nSPS) is 24.9. The molecule has 16 heavy (non-hydrogen) atoms. The summed E-state index contributed by atoms with van der Waals surface area (Å²) < 4.78 is 0. The molecule has 0 aromatic heterocycles. The Morgan fingerprint density at radius 3 is 3.12 bits per heavy atom. The number of hydrogen-bond acceptors (Lipinski definition) is 4. The maximum atomic E-state index is 11.7. The van der Waals surface area contributed by atoms with E-state index in [0.717, 1.165) is 31.3 Å². The number of amides is 2. The van der Waals surface area contributed by atoms with E-state index in [2.05, 4.69) is 22.0 Å². The van der Waals surface area contributed by atoms with Crippen molar-refractivity contribution in [3.05, 3.63) is 11.6 Å². The molecule has 2 rings (SSSR count). The third kappa shape index (κ3) is 2.99. The SMILES string of the molecule is O=C1NC(C(=O)NCC2=CCNCC2)CS1. The molecule has 6 heteroatoms. The largest absolute Gasteiger partial charge is 0.351 e. The molecule has 0 aromatic rings. The first-order chi connectivity index (χ1) is 7.75. The lowest BCUT2D eigenvalue weighted by Gasteiger charge is -2.16. The van der Waals surface area contributed by atoms with E-state index < -0.39 is 0 Å². The second-order valence-corrected chi connectivity index (χ2v) is 4.82. The Balaban J connectivity index is 1.75. The highest BCUT2D eigenvalue weighted by Gasteiger charge is 2.27. The predicted molar refractivity (Wildman–Crippen MR) is 63.4 cm³/mol. The van der Waals surface area contributed by atoms with Crippen molar-refractivity contribution in [2.75, 3.05) is 25.4 Å². The van der Waals surface area contributed by atoms with Crippen LogP contribution in [0.1, 0.15) is 6.42 Å². The van der Waals surface area contributed by atoms with Gasteiger partial charge < -0.3 is 16.0 Å². The predicted octanol–water partition coefficient (Wildman–Crippen LogP) is -0.153. The Kier molecular flexibility index (Phi) is 3.84. The van der Waals surface area contributed by atoms with Gasteiger partial charge in [-0.05, 0) is 13.0 Å². The molecule has 2 amide bonds. The van der Waals surface area contributed by atoms with Crippen LogP contribution in [0.3, 0.4) is 0 Å². The van der Waals surface area contributed by atoms with E-state index in [1.54, 1.807) is 0 Å². The molecule has 2 heterocycles. The molecule has 1 saturated heterocycles. The fourth-order valence-corrected chi connectivity index (χ4v) is 2.46. The molecule has 3 N–H and O–H groups in total. The molecule has 0 radical (unpaired) electrons. The van der Waals surface area contributed by atoms with Crippen molar-refractivity contribution >= 4 is 22.9 Å². The van der Waals surface area contributed by atoms with Gasteiger partial charge in [-0.2, -0.15) is 0 Å². The maximum Gasteiger partial charge on any atom is 0.279 e. The van der Waals surface area contributed by atoms with Crippen molar-refractivity contribution in [3.8, 4) is 0 Å². The number of carbonyl (C=O) groups is 2. The summed E-state index contributed by atoms with van der Waals surface area (Å²) in [6, 6.07) is -0.361. The average Bonchev–Trinajstić information content (AvgIpc) is 2.74. The highest BCUT2D eigenvalue weighted by molar-refractivity contribution is 8.14. The molecule has 1 fully saturated rings. The molecular weight excluding hydrogens is 226 g/mol. The van der Waals surface area contributed by atoms with E-state index in [1.165, 1.54) is 5.57 Å². The number of rotatable bonds is 3. The molecule has 88 valence electrons. The fourth-order valence-electron chi connectivity index (χ4n) is 1.68. The van der Waals surface area contributed by atoms with Gasteiger partial charge in [0.05, 0.1) is 0 Å². The van der Waals surface area contributed by atoms with Crippen LogP contribution < -0.4 is 16.0 Å². The minimum absolute atomic E-state index is 0.0854. The summed E-state index contributed by atoms with van der Waals surface area (Å²) in [5, 5.41) is 8.58. The Hall–Kier alpha value is -1.01. The van der Waals surface area contributed by atoms with Gasteiger partial charge in [-0.1, -0.05) is 23.4 Å². The van der Waals surface area contributed by atoms with Gasteiger partial charge >= 0.3 is 0 Å². The average molecular weight is 241 g/mol. The Bertz CT molecular complexity index is 330. The first-order valence-electron chi connectivity index (χ1n) is 5.35. The highest BCUT2D eigenvalue weighted by atomic mass is 32.2. The first-order valence-corrected chi connectivity index (χ1v) is 6.34. The van der Waals surface area contributed by atoms with Gasteiger partial charge in [0, 0.05) is 18.8 Å². The van der Waals surface area contributed by atoms with Crippen LogP contribution >= 0.6 is 11.8 Å². The van der Waals surface area contributed by atoms with Crippen LogP contribution in [0.25, 0.3) is 0 Å². The standard InChI is InChI=1S/C10H15N3O2S/c14-9(8-6-16-10(15)13-8)12-5-7-1-3-11-4-2-7/h1,8,11H,2-6H2,(H,12,14)(H,13,15). The Labute approximate surface area is 98.4 Å². The molecule has 2 aliphatic rings. The van der Waals surface area contributed by atoms with Crippen molar-refractivity contribution < 1.29 is 9.59 Å². The van der Waals surface area contributed by atoms with Crippen LogP contribution in [0.5, 0.6) is 0 Å². The molecule has 1 unspecified atom stereocenters. The van der Waals surface area contributed by atoms with Gasteiger partial charge in [0.2, 0.25) is 5.91 Å². The molecule has 2 aliphatic heterocycles. The van der Waals surface area contributed by atoms with Crippen LogP contribution in [-0.4, -0.2) is 42.6 Å². The van der Waals surface area contributed by atoms with Gasteiger partial charge in [-0.25, -0.2) is 0 Å². The summed E-state index contributed by atoms with van der Waals surface area (Å²) in [5.74, 6) is 0.448. The second-order valence-electron chi connectivity index (χ2n) is 3.83. The molecule has 1 atom stereocenters. The zero-order valence-electron chi connectivity index (χ0n) is 8.91. The zero-order valence-corrected chi connectivity index (χ0v) is 9.73. The quantitative estimate of drug-likeness (QED) is 0.601. The van der Waals surface area contributed by atoms with Crippen LogP contribution in [0.2, 0.25) is 0 Å². The van der Waals surface area contributed by atoms with E-state index in [1.807, 2.05) is 0 Å². The third-order valence-electron chi connectivity index (χ3n) is 2.64. The number of carbonyl (C=O) groups excluding carboxylic acids is 2. The van der Waals surface area contributed by atoms with Gasteiger partial charge in [0.1, 0.15) is 6.04 Å². The molecule has 0 bridgehead atoms. The highest BCUT2D eigenvalue weighted by Crippen LogP contribution is 2.13. The minimum Gasteiger partial charge on any atom is -0.351 e. The van der Waals surface area contributed by atoms with Crippen LogP contribution in [0, 0.1) is 0 Å². The van der Waals surface area contributed by atoms with Gasteiger partial charge in [-0.3, -0.25) is 9.59 Å². The molecular formula is C10H15N3O2S. The Morgan fingerprint density at radius 2 is 2.50 bits per heavy atom. The van der Waals surface area contributed by atoms with Crippen molar-refractivity contribution in [1.82, 2.24) is 16.0 Å². The van der Waals surface area contributed by atoms with E-state index in [9.17, 15) is 9.59 Å². The number of hydrogen-bond donors (Lipinski definition) is 3. The molecule has 5 nitrogen and oxygen atoms in total. The first kappa shape index (κ1) is 11.5. The van der Waals surface area contributed by atoms with E-state index >= 15 is 0 Å². The molecule has 0 spiro atoms. The van der Waals surface area contributed by atoms with Crippen molar-refractivity contribution in [3.63, 3.8) is 0 Å². The van der Waals surface area contributed by atoms with Crippen LogP contribution in [0.4, 0.5) is 4.79 Å². The van der Waals surface area contributed by atoms with Crippen LogP contribution in [-0.2, 0) is 4.79 Å². The Morgan fingerprint density at radius 1 is 1.62 bits per heavy atom. The summed E-state index contributed by atoms with van der Waals surface area (Å²) in [6.45, 7) is 2.44. The number of thioether (sulfide) groups is 1. The molecule has 0 aromatic carbocycles. The minimum atomic E-state index is -0.361. The lowest BCUT2D eigenvalue weighted by Crippen LogP contribution is -2.43. The van der Waals surface area contributed by atoms with Crippen LogP contribution in [0.15, 0.2) is 11.6 Å². The summed E-state index contributed by atoms with van der Waals surface area (Å²) in [7, 11) is 0. The summed E-state index contributed by atoms with van der Waals surface area (Å²) in [4.78, 5) is 22.6. The van der Waals surface area contributed by atoms with Gasteiger partial charge in [-0.15, -0.1) is 0 Å². The summed E-state index contributed by atoms with van der Waals surface area (Å²) in [6.07, 6.45) is 3.08. The molecule has 0 aliphatic carbocycles. The monoisotopic (exact) mass is 241 g/mol. The third-order valence-corrected chi connectivity index (χ3v) is 3.52. The lowest BCUT2D eigenvalue weighted by atomic mass is 10.1. The number of nitrogens with one attached hydrogen (secondary N) is 3. The van der Waals surface area contributed by atoms with Crippen molar-refractivity contribution in [1.29, 1.82) is 0 Å². The fraction of sp³-hybridized carbons (Fsp3) is 0.600. The van der Waals surface area contributed by atoms with Crippen molar-refractivity contribution in [2.24, 2.45) is 0 Å². The summed E-state index contributed by atoms with van der Waals surface area (Å²) in [5.41, 5.74) is 1.25. The second kappa shape index (κ2) is 5.36. The lowest BCUT2D eigenvalue weighted by molar-refractivity contribution is -0.122.